The van der Waals surface area contributed by atoms with Crippen molar-refractivity contribution in [2.24, 2.45) is 17.8 Å². The lowest BCUT2D eigenvalue weighted by Gasteiger charge is -2.39. The normalized spacial score (nSPS) is 41.2. The van der Waals surface area contributed by atoms with Crippen LogP contribution in [0, 0.1) is 17.8 Å². The Morgan fingerprint density at radius 3 is 2.40 bits per heavy atom. The zero-order valence-corrected chi connectivity index (χ0v) is 9.88. The third-order valence-electron chi connectivity index (χ3n) is 4.93. The second-order valence-corrected chi connectivity index (χ2v) is 6.17. The number of nitrogens with one attached hydrogen (secondary N) is 1. The molecule has 3 aliphatic carbocycles. The largest absolute Gasteiger partial charge is 0.314 e. The van der Waals surface area contributed by atoms with Gasteiger partial charge in [0.05, 0.1) is 0 Å². The van der Waals surface area contributed by atoms with Crippen molar-refractivity contribution in [3.63, 3.8) is 0 Å². The number of fused-ring (bicyclic) bond motifs is 1. The van der Waals surface area contributed by atoms with Gasteiger partial charge in [-0.3, -0.25) is 0 Å². The molecule has 0 saturated heterocycles. The number of rotatable bonds is 3. The highest BCUT2D eigenvalue weighted by atomic mass is 14.9. The van der Waals surface area contributed by atoms with Gasteiger partial charge in [-0.2, -0.15) is 0 Å². The lowest BCUT2D eigenvalue weighted by Crippen LogP contribution is -2.39. The van der Waals surface area contributed by atoms with E-state index in [-0.39, 0.29) is 0 Å². The van der Waals surface area contributed by atoms with Gasteiger partial charge in [0.2, 0.25) is 0 Å². The highest BCUT2D eigenvalue weighted by molar-refractivity contribution is 4.87. The van der Waals surface area contributed by atoms with E-state index in [1.54, 1.807) is 6.42 Å². The van der Waals surface area contributed by atoms with Crippen molar-refractivity contribution in [1.82, 2.24) is 5.32 Å². The molecule has 0 amide bonds. The van der Waals surface area contributed by atoms with Gasteiger partial charge in [-0.15, -0.1) is 0 Å². The molecule has 0 aromatic heterocycles. The summed E-state index contributed by atoms with van der Waals surface area (Å²) in [6, 6.07) is 0.880. The van der Waals surface area contributed by atoms with Crippen LogP contribution in [0.3, 0.4) is 0 Å². The van der Waals surface area contributed by atoms with Crippen molar-refractivity contribution in [2.75, 3.05) is 6.54 Å². The summed E-state index contributed by atoms with van der Waals surface area (Å²) in [5, 5.41) is 3.82. The molecule has 86 valence electrons. The highest BCUT2D eigenvalue weighted by Gasteiger charge is 2.32. The van der Waals surface area contributed by atoms with Gasteiger partial charge in [0.1, 0.15) is 0 Å². The Morgan fingerprint density at radius 2 is 1.60 bits per heavy atom. The molecule has 3 unspecified atom stereocenters. The molecule has 1 N–H and O–H groups in total. The first kappa shape index (κ1) is 10.1. The second kappa shape index (κ2) is 4.45. The van der Waals surface area contributed by atoms with Crippen LogP contribution in [0.25, 0.3) is 0 Å². The van der Waals surface area contributed by atoms with E-state index < -0.39 is 0 Å². The van der Waals surface area contributed by atoms with Crippen molar-refractivity contribution < 1.29 is 0 Å². The first-order chi connectivity index (χ1) is 7.42. The minimum absolute atomic E-state index is 0.880. The molecule has 15 heavy (non-hydrogen) atoms. The number of hydrogen-bond acceptors (Lipinski definition) is 1. The van der Waals surface area contributed by atoms with Gasteiger partial charge in [0.25, 0.3) is 0 Å². The summed E-state index contributed by atoms with van der Waals surface area (Å²) in [4.78, 5) is 0. The van der Waals surface area contributed by atoms with Gasteiger partial charge in [-0.25, -0.2) is 0 Å². The van der Waals surface area contributed by atoms with Gasteiger partial charge < -0.3 is 5.32 Å². The SMILES string of the molecule is C1CCC2CC(NCC3CC3)CCC2C1. The molecule has 0 aromatic carbocycles. The molecule has 3 atom stereocenters. The van der Waals surface area contributed by atoms with E-state index in [2.05, 4.69) is 5.32 Å². The molecule has 0 aromatic rings. The fourth-order valence-corrected chi connectivity index (χ4v) is 3.71. The van der Waals surface area contributed by atoms with Crippen LogP contribution in [-0.2, 0) is 0 Å². The van der Waals surface area contributed by atoms with Crippen molar-refractivity contribution in [2.45, 2.75) is 63.8 Å². The molecule has 0 aliphatic heterocycles. The standard InChI is InChI=1S/C14H25N/c1-2-4-13-9-14(8-7-12(13)3-1)15-10-11-5-6-11/h11-15H,1-10H2. The van der Waals surface area contributed by atoms with Gasteiger partial charge in [0, 0.05) is 6.04 Å². The van der Waals surface area contributed by atoms with Crippen LogP contribution in [0.4, 0.5) is 0 Å². The van der Waals surface area contributed by atoms with E-state index in [1.165, 1.54) is 57.9 Å². The zero-order valence-electron chi connectivity index (χ0n) is 9.88. The summed E-state index contributed by atoms with van der Waals surface area (Å²) in [5.41, 5.74) is 0. The monoisotopic (exact) mass is 207 g/mol. The quantitative estimate of drug-likeness (QED) is 0.748. The molecule has 3 fully saturated rings. The van der Waals surface area contributed by atoms with Gasteiger partial charge >= 0.3 is 0 Å². The van der Waals surface area contributed by atoms with Gasteiger partial charge in [0.15, 0.2) is 0 Å². The molecule has 0 heterocycles. The first-order valence-electron chi connectivity index (χ1n) is 7.15. The summed E-state index contributed by atoms with van der Waals surface area (Å²) in [7, 11) is 0. The Morgan fingerprint density at radius 1 is 0.800 bits per heavy atom. The molecule has 3 saturated carbocycles. The van der Waals surface area contributed by atoms with Crippen LogP contribution in [-0.4, -0.2) is 12.6 Å². The van der Waals surface area contributed by atoms with E-state index >= 15 is 0 Å². The molecule has 0 radical (unpaired) electrons. The van der Waals surface area contributed by atoms with Crippen molar-refractivity contribution in [3.8, 4) is 0 Å². The number of hydrogen-bond donors (Lipinski definition) is 1. The minimum atomic E-state index is 0.880. The van der Waals surface area contributed by atoms with E-state index in [9.17, 15) is 0 Å². The van der Waals surface area contributed by atoms with Crippen molar-refractivity contribution in [1.29, 1.82) is 0 Å². The zero-order chi connectivity index (χ0) is 10.1. The summed E-state index contributed by atoms with van der Waals surface area (Å²) >= 11 is 0. The van der Waals surface area contributed by atoms with Crippen LogP contribution >= 0.6 is 0 Å². The fraction of sp³-hybridized carbons (Fsp3) is 1.00. The topological polar surface area (TPSA) is 12.0 Å². The first-order valence-corrected chi connectivity index (χ1v) is 7.15. The molecule has 3 aliphatic rings. The Hall–Kier alpha value is -0.0400. The average molecular weight is 207 g/mol. The molecule has 0 bridgehead atoms. The lowest BCUT2D eigenvalue weighted by molar-refractivity contribution is 0.143. The maximum Gasteiger partial charge on any atom is 0.00700 e. The van der Waals surface area contributed by atoms with Crippen LogP contribution < -0.4 is 5.32 Å². The third-order valence-corrected chi connectivity index (χ3v) is 4.93. The van der Waals surface area contributed by atoms with Crippen LogP contribution in [0.2, 0.25) is 0 Å². The van der Waals surface area contributed by atoms with E-state index in [0.717, 1.165) is 23.8 Å². The molecular weight excluding hydrogens is 182 g/mol. The molecular formula is C14H25N. The summed E-state index contributed by atoms with van der Waals surface area (Å²) in [6.45, 7) is 1.32. The smallest absolute Gasteiger partial charge is 0.00700 e. The van der Waals surface area contributed by atoms with Crippen molar-refractivity contribution in [3.05, 3.63) is 0 Å². The van der Waals surface area contributed by atoms with E-state index in [4.69, 9.17) is 0 Å². The maximum absolute atomic E-state index is 3.82. The second-order valence-electron chi connectivity index (χ2n) is 6.17. The minimum Gasteiger partial charge on any atom is -0.314 e. The average Bonchev–Trinajstić information content (AvgIpc) is 3.10. The highest BCUT2D eigenvalue weighted by Crippen LogP contribution is 2.40. The van der Waals surface area contributed by atoms with Crippen LogP contribution in [0.15, 0.2) is 0 Å². The summed E-state index contributed by atoms with van der Waals surface area (Å²) in [6.07, 6.45) is 13.6. The predicted molar refractivity (Wildman–Crippen MR) is 63.8 cm³/mol. The van der Waals surface area contributed by atoms with Crippen LogP contribution in [0.5, 0.6) is 0 Å². The van der Waals surface area contributed by atoms with E-state index in [1.807, 2.05) is 0 Å². The third kappa shape index (κ3) is 2.55. The maximum atomic E-state index is 3.82. The van der Waals surface area contributed by atoms with E-state index in [0.29, 0.717) is 0 Å². The van der Waals surface area contributed by atoms with Crippen LogP contribution in [0.1, 0.15) is 57.8 Å². The molecule has 0 spiro atoms. The molecule has 3 rings (SSSR count). The Bertz CT molecular complexity index is 209. The summed E-state index contributed by atoms with van der Waals surface area (Å²) in [5.74, 6) is 3.25. The van der Waals surface area contributed by atoms with Crippen molar-refractivity contribution >= 4 is 0 Å². The van der Waals surface area contributed by atoms with Gasteiger partial charge in [-0.1, -0.05) is 25.7 Å². The predicted octanol–water partition coefficient (Wildman–Crippen LogP) is 3.34. The Balaban J connectivity index is 1.46. The Labute approximate surface area is 94.0 Å². The van der Waals surface area contributed by atoms with Gasteiger partial charge in [-0.05, 0) is 56.4 Å². The fourth-order valence-electron chi connectivity index (χ4n) is 3.71. The summed E-state index contributed by atoms with van der Waals surface area (Å²) < 4.78 is 0. The molecule has 1 heteroatoms. The lowest BCUT2D eigenvalue weighted by atomic mass is 9.69. The molecule has 1 nitrogen and oxygen atoms in total. The Kier molecular flexibility index (Phi) is 3.01.